The monoisotopic (exact) mass is 458 g/mol. The van der Waals surface area contributed by atoms with E-state index < -0.39 is 12.0 Å². The van der Waals surface area contributed by atoms with Crippen molar-refractivity contribution in [1.82, 2.24) is 10.2 Å². The summed E-state index contributed by atoms with van der Waals surface area (Å²) in [5.74, 6) is -0.975. The second-order valence-corrected chi connectivity index (χ2v) is 9.59. The molecule has 0 amide bonds. The molecule has 2 aromatic carbocycles. The number of halogens is 2. The first-order chi connectivity index (χ1) is 15.8. The van der Waals surface area contributed by atoms with Gasteiger partial charge in [-0.1, -0.05) is 24.3 Å². The second kappa shape index (κ2) is 9.77. The zero-order chi connectivity index (χ0) is 23.6. The Balaban J connectivity index is 1.41. The van der Waals surface area contributed by atoms with Crippen LogP contribution in [0.2, 0.25) is 0 Å². The predicted octanol–water partition coefficient (Wildman–Crippen LogP) is 4.35. The lowest BCUT2D eigenvalue weighted by Crippen LogP contribution is -2.44. The Morgan fingerprint density at radius 3 is 2.55 bits per heavy atom. The molecule has 2 N–H and O–H groups in total. The van der Waals surface area contributed by atoms with Crippen molar-refractivity contribution in [2.75, 3.05) is 20.6 Å². The molecule has 33 heavy (non-hydrogen) atoms. The van der Waals surface area contributed by atoms with Gasteiger partial charge in [0.1, 0.15) is 18.0 Å². The zero-order valence-electron chi connectivity index (χ0n) is 19.2. The first kappa shape index (κ1) is 23.6. The van der Waals surface area contributed by atoms with E-state index in [1.807, 2.05) is 20.2 Å². The molecule has 1 saturated heterocycles. The molecule has 0 bridgehead atoms. The largest absolute Gasteiger partial charge is 0.486 e. The Bertz CT molecular complexity index is 989. The number of rotatable bonds is 7. The van der Waals surface area contributed by atoms with Crippen LogP contribution >= 0.6 is 0 Å². The summed E-state index contributed by atoms with van der Waals surface area (Å²) in [5, 5.41) is 12.0. The van der Waals surface area contributed by atoms with Crippen molar-refractivity contribution in [3.63, 3.8) is 0 Å². The minimum atomic E-state index is -0.917. The van der Waals surface area contributed by atoms with Crippen molar-refractivity contribution in [3.8, 4) is 5.75 Å². The number of aliphatic carboxylic acids is 1. The average molecular weight is 459 g/mol. The highest BCUT2D eigenvalue weighted by Crippen LogP contribution is 2.44. The predicted molar refractivity (Wildman–Crippen MR) is 122 cm³/mol. The third-order valence-corrected chi connectivity index (χ3v) is 7.38. The number of benzene rings is 2. The lowest BCUT2D eigenvalue weighted by atomic mass is 9.70. The van der Waals surface area contributed by atoms with E-state index in [0.29, 0.717) is 30.9 Å². The highest BCUT2D eigenvalue weighted by molar-refractivity contribution is 5.73. The zero-order valence-corrected chi connectivity index (χ0v) is 19.2. The highest BCUT2D eigenvalue weighted by Gasteiger charge is 2.39. The number of hydrogen-bond donors (Lipinski definition) is 2. The van der Waals surface area contributed by atoms with Crippen LogP contribution in [-0.2, 0) is 16.8 Å². The minimum Gasteiger partial charge on any atom is -0.486 e. The molecule has 0 aromatic heterocycles. The number of carboxylic acid groups (broad SMARTS) is 1. The molecule has 0 radical (unpaired) electrons. The van der Waals surface area contributed by atoms with Gasteiger partial charge in [-0.3, -0.25) is 9.69 Å². The van der Waals surface area contributed by atoms with Crippen LogP contribution in [0.1, 0.15) is 43.2 Å². The molecular formula is C26H32F2N2O3. The molecule has 0 spiro atoms. The molecule has 1 saturated carbocycles. The molecule has 5 nitrogen and oxygen atoms in total. The van der Waals surface area contributed by atoms with Crippen molar-refractivity contribution in [1.29, 1.82) is 0 Å². The van der Waals surface area contributed by atoms with Gasteiger partial charge in [-0.05, 0) is 81.4 Å². The Morgan fingerprint density at radius 1 is 1.18 bits per heavy atom. The molecule has 2 atom stereocenters. The number of carbonyl (C=O) groups is 1. The van der Waals surface area contributed by atoms with Crippen molar-refractivity contribution in [2.24, 2.45) is 5.92 Å². The standard InChI is InChI=1S/C26H32F2N2O3/c1-30(2)26(19-6-4-7-20(27)14-19)11-9-17(10-12-26)13-18-5-3-8-23(24(18)28)33-21-15-22(25(31)32)29-16-21/h3-8,14,17,21-22,29H,9-13,15-16H2,1-2H3,(H,31,32)/t17-,21-,22-,26-/m0/s1. The normalized spacial score (nSPS) is 27.6. The number of ether oxygens (including phenoxy) is 1. The van der Waals surface area contributed by atoms with Gasteiger partial charge in [-0.2, -0.15) is 0 Å². The van der Waals surface area contributed by atoms with Gasteiger partial charge in [-0.25, -0.2) is 8.78 Å². The highest BCUT2D eigenvalue weighted by atomic mass is 19.1. The fourth-order valence-corrected chi connectivity index (χ4v) is 5.41. The van der Waals surface area contributed by atoms with Crippen molar-refractivity contribution in [3.05, 3.63) is 65.2 Å². The van der Waals surface area contributed by atoms with Crippen LogP contribution < -0.4 is 10.1 Å². The van der Waals surface area contributed by atoms with Gasteiger partial charge in [0.15, 0.2) is 11.6 Å². The van der Waals surface area contributed by atoms with Crippen LogP contribution in [0.3, 0.4) is 0 Å². The fourth-order valence-electron chi connectivity index (χ4n) is 5.41. The van der Waals surface area contributed by atoms with Crippen LogP contribution in [0.15, 0.2) is 42.5 Å². The third kappa shape index (κ3) is 5.04. The number of nitrogens with one attached hydrogen (secondary N) is 1. The van der Waals surface area contributed by atoms with E-state index in [0.717, 1.165) is 31.2 Å². The van der Waals surface area contributed by atoms with E-state index in [1.54, 1.807) is 30.3 Å². The Labute approximate surface area is 193 Å². The summed E-state index contributed by atoms with van der Waals surface area (Å²) < 4.78 is 34.9. The van der Waals surface area contributed by atoms with E-state index in [9.17, 15) is 9.18 Å². The number of nitrogens with zero attached hydrogens (tertiary/aromatic N) is 1. The molecule has 1 aliphatic heterocycles. The van der Waals surface area contributed by atoms with Gasteiger partial charge >= 0.3 is 5.97 Å². The summed E-state index contributed by atoms with van der Waals surface area (Å²) in [4.78, 5) is 13.3. The van der Waals surface area contributed by atoms with Crippen LogP contribution in [0, 0.1) is 17.6 Å². The Hall–Kier alpha value is -2.51. The molecule has 2 aliphatic rings. The van der Waals surface area contributed by atoms with Gasteiger partial charge in [0.05, 0.1) is 0 Å². The third-order valence-electron chi connectivity index (χ3n) is 7.38. The lowest BCUT2D eigenvalue weighted by Gasteiger charge is -2.45. The molecule has 2 aromatic rings. The SMILES string of the molecule is CN(C)[C@]1(c2cccc(F)c2)CC[C@@H](Cc2cccc(O[C@@H]3CN[C@H](C(=O)O)C3)c2F)CC1. The van der Waals surface area contributed by atoms with Crippen molar-refractivity contribution < 1.29 is 23.4 Å². The smallest absolute Gasteiger partial charge is 0.320 e. The molecule has 1 heterocycles. The average Bonchev–Trinajstić information content (AvgIpc) is 3.26. The van der Waals surface area contributed by atoms with E-state index >= 15 is 4.39 Å². The van der Waals surface area contributed by atoms with E-state index in [-0.39, 0.29) is 29.0 Å². The topological polar surface area (TPSA) is 61.8 Å². The Kier molecular flexibility index (Phi) is 7.00. The maximum atomic E-state index is 15.2. The van der Waals surface area contributed by atoms with E-state index in [1.165, 1.54) is 6.07 Å². The molecule has 178 valence electrons. The summed E-state index contributed by atoms with van der Waals surface area (Å²) >= 11 is 0. The molecule has 7 heteroatoms. The van der Waals surface area contributed by atoms with Gasteiger partial charge in [0, 0.05) is 18.5 Å². The molecule has 1 aliphatic carbocycles. The fraction of sp³-hybridized carbons (Fsp3) is 0.500. The van der Waals surface area contributed by atoms with E-state index in [4.69, 9.17) is 9.84 Å². The maximum Gasteiger partial charge on any atom is 0.320 e. The molecule has 4 rings (SSSR count). The number of carboxylic acids is 1. The first-order valence-electron chi connectivity index (χ1n) is 11.6. The maximum absolute atomic E-state index is 15.2. The summed E-state index contributed by atoms with van der Waals surface area (Å²) in [6.45, 7) is 0.385. The van der Waals surface area contributed by atoms with Crippen molar-refractivity contribution in [2.45, 2.75) is 56.2 Å². The van der Waals surface area contributed by atoms with Gasteiger partial charge in [0.2, 0.25) is 0 Å². The van der Waals surface area contributed by atoms with Crippen LogP contribution in [-0.4, -0.2) is 48.8 Å². The molecular weight excluding hydrogens is 426 g/mol. The van der Waals surface area contributed by atoms with Crippen LogP contribution in [0.25, 0.3) is 0 Å². The lowest BCUT2D eigenvalue weighted by molar-refractivity contribution is -0.139. The summed E-state index contributed by atoms with van der Waals surface area (Å²) in [5.41, 5.74) is 1.41. The Morgan fingerprint density at radius 2 is 1.91 bits per heavy atom. The van der Waals surface area contributed by atoms with E-state index in [2.05, 4.69) is 10.2 Å². The van der Waals surface area contributed by atoms with Gasteiger partial charge in [-0.15, -0.1) is 0 Å². The molecule has 2 fully saturated rings. The quantitative estimate of drug-likeness (QED) is 0.646. The second-order valence-electron chi connectivity index (χ2n) is 9.59. The van der Waals surface area contributed by atoms with Crippen LogP contribution in [0.4, 0.5) is 8.78 Å². The number of hydrogen-bond acceptors (Lipinski definition) is 4. The van der Waals surface area contributed by atoms with Crippen molar-refractivity contribution >= 4 is 5.97 Å². The summed E-state index contributed by atoms with van der Waals surface area (Å²) in [6.07, 6.45) is 4.19. The van der Waals surface area contributed by atoms with Crippen LogP contribution in [0.5, 0.6) is 5.75 Å². The summed E-state index contributed by atoms with van der Waals surface area (Å²) in [7, 11) is 4.08. The van der Waals surface area contributed by atoms with Gasteiger partial charge in [0.25, 0.3) is 0 Å². The van der Waals surface area contributed by atoms with Gasteiger partial charge < -0.3 is 15.2 Å². The summed E-state index contributed by atoms with van der Waals surface area (Å²) in [6, 6.07) is 11.4. The molecule has 0 unspecified atom stereocenters. The minimum absolute atomic E-state index is 0.184. The first-order valence-corrected chi connectivity index (χ1v) is 11.6.